The summed E-state index contributed by atoms with van der Waals surface area (Å²) in [7, 11) is 0. The van der Waals surface area contributed by atoms with E-state index in [9.17, 15) is 9.59 Å². The highest BCUT2D eigenvalue weighted by Crippen LogP contribution is 2.28. The van der Waals surface area contributed by atoms with Crippen LogP contribution in [0.15, 0.2) is 24.3 Å². The van der Waals surface area contributed by atoms with E-state index in [4.69, 9.17) is 16.3 Å². The maximum Gasteiger partial charge on any atom is 0.410 e. The number of likely N-dealkylation sites (tertiary alicyclic amines) is 1. The number of nitrogens with one attached hydrogen (secondary N) is 1. The first-order valence-electron chi connectivity index (χ1n) is 8.66. The fourth-order valence-electron chi connectivity index (χ4n) is 2.94. The molecule has 3 rings (SSSR count). The normalized spacial score (nSPS) is 17.5. The number of halogens is 1. The Morgan fingerprint density at radius 1 is 1.35 bits per heavy atom. The molecule has 2 heterocycles. The molecule has 7 heteroatoms. The summed E-state index contributed by atoms with van der Waals surface area (Å²) in [6, 6.07) is 7.48. The molecule has 0 radical (unpaired) electrons. The predicted molar refractivity (Wildman–Crippen MR) is 105 cm³/mol. The van der Waals surface area contributed by atoms with Crippen molar-refractivity contribution >= 4 is 45.0 Å². The Morgan fingerprint density at radius 3 is 2.85 bits per heavy atom. The van der Waals surface area contributed by atoms with Gasteiger partial charge in [0, 0.05) is 29.4 Å². The smallest absolute Gasteiger partial charge is 0.410 e. The van der Waals surface area contributed by atoms with Gasteiger partial charge in [-0.3, -0.25) is 4.79 Å². The molecule has 1 aliphatic rings. The first-order valence-corrected chi connectivity index (χ1v) is 9.86. The standard InChI is InChI=1S/C19H23ClN2O3S/c1-19(2,3)25-18(24)22-7-6-12(11-22)10-21-17(23)16-9-13-8-14(20)4-5-15(13)26-16/h4-5,8-9,12H,6-7,10-11H2,1-3H3,(H,21,23). The summed E-state index contributed by atoms with van der Waals surface area (Å²) in [5.41, 5.74) is -0.493. The van der Waals surface area contributed by atoms with Crippen molar-refractivity contribution in [2.75, 3.05) is 19.6 Å². The highest BCUT2D eigenvalue weighted by molar-refractivity contribution is 7.20. The first kappa shape index (κ1) is 19.0. The largest absolute Gasteiger partial charge is 0.444 e. The summed E-state index contributed by atoms with van der Waals surface area (Å²) in [5.74, 6) is 0.160. The van der Waals surface area contributed by atoms with E-state index < -0.39 is 5.60 Å². The number of hydrogen-bond donors (Lipinski definition) is 1. The molecule has 1 unspecified atom stereocenters. The lowest BCUT2D eigenvalue weighted by molar-refractivity contribution is 0.0288. The number of amides is 2. The third-order valence-electron chi connectivity index (χ3n) is 4.19. The van der Waals surface area contributed by atoms with E-state index in [0.717, 1.165) is 16.5 Å². The van der Waals surface area contributed by atoms with Crippen LogP contribution in [0.3, 0.4) is 0 Å². The Labute approximate surface area is 162 Å². The second-order valence-electron chi connectivity index (χ2n) is 7.58. The average molecular weight is 395 g/mol. The molecule has 0 spiro atoms. The molecule has 1 atom stereocenters. The van der Waals surface area contributed by atoms with Crippen LogP contribution in [0.1, 0.15) is 36.9 Å². The van der Waals surface area contributed by atoms with Crippen LogP contribution in [-0.2, 0) is 4.74 Å². The van der Waals surface area contributed by atoms with Crippen molar-refractivity contribution in [2.24, 2.45) is 5.92 Å². The zero-order valence-corrected chi connectivity index (χ0v) is 16.7. The van der Waals surface area contributed by atoms with Gasteiger partial charge in [0.2, 0.25) is 0 Å². The molecule has 1 fully saturated rings. The minimum atomic E-state index is -0.493. The Morgan fingerprint density at radius 2 is 2.12 bits per heavy atom. The summed E-state index contributed by atoms with van der Waals surface area (Å²) in [6.07, 6.45) is 0.578. The van der Waals surface area contributed by atoms with Gasteiger partial charge in [-0.05, 0) is 62.8 Å². The predicted octanol–water partition coefficient (Wildman–Crippen LogP) is 4.54. The monoisotopic (exact) mass is 394 g/mol. The number of benzene rings is 1. The Balaban J connectivity index is 1.52. The fraction of sp³-hybridized carbons (Fsp3) is 0.474. The van der Waals surface area contributed by atoms with Gasteiger partial charge >= 0.3 is 6.09 Å². The molecule has 1 aliphatic heterocycles. The van der Waals surface area contributed by atoms with Crippen molar-refractivity contribution in [1.29, 1.82) is 0 Å². The minimum Gasteiger partial charge on any atom is -0.444 e. The number of carbonyl (C=O) groups excluding carboxylic acids is 2. The molecule has 26 heavy (non-hydrogen) atoms. The van der Waals surface area contributed by atoms with Crippen molar-refractivity contribution in [1.82, 2.24) is 10.2 Å². The lowest BCUT2D eigenvalue weighted by Crippen LogP contribution is -2.36. The molecule has 5 nitrogen and oxygen atoms in total. The summed E-state index contributed by atoms with van der Waals surface area (Å²) in [4.78, 5) is 26.9. The maximum atomic E-state index is 12.4. The van der Waals surface area contributed by atoms with E-state index in [2.05, 4.69) is 5.32 Å². The number of fused-ring (bicyclic) bond motifs is 1. The van der Waals surface area contributed by atoms with Crippen LogP contribution in [0, 0.1) is 5.92 Å². The highest BCUT2D eigenvalue weighted by atomic mass is 35.5. The van der Waals surface area contributed by atoms with Crippen LogP contribution in [0.25, 0.3) is 10.1 Å². The van der Waals surface area contributed by atoms with Crippen molar-refractivity contribution in [2.45, 2.75) is 32.8 Å². The van der Waals surface area contributed by atoms with Crippen molar-refractivity contribution in [3.8, 4) is 0 Å². The van der Waals surface area contributed by atoms with Crippen molar-refractivity contribution < 1.29 is 14.3 Å². The molecule has 0 saturated carbocycles. The van der Waals surface area contributed by atoms with Gasteiger partial charge in [-0.25, -0.2) is 4.79 Å². The van der Waals surface area contributed by atoms with E-state index in [1.165, 1.54) is 11.3 Å². The number of ether oxygens (including phenoxy) is 1. The summed E-state index contributed by atoms with van der Waals surface area (Å²) in [6.45, 7) is 7.39. The van der Waals surface area contributed by atoms with Crippen LogP contribution in [0.4, 0.5) is 4.79 Å². The lowest BCUT2D eigenvalue weighted by atomic mass is 10.1. The zero-order chi connectivity index (χ0) is 18.9. The van der Waals surface area contributed by atoms with Crippen LogP contribution in [-0.4, -0.2) is 42.1 Å². The van der Waals surface area contributed by atoms with E-state index in [-0.39, 0.29) is 17.9 Å². The van der Waals surface area contributed by atoms with Gasteiger partial charge < -0.3 is 15.0 Å². The molecule has 0 bridgehead atoms. The highest BCUT2D eigenvalue weighted by Gasteiger charge is 2.30. The molecule has 2 aromatic rings. The quantitative estimate of drug-likeness (QED) is 0.831. The zero-order valence-electron chi connectivity index (χ0n) is 15.2. The molecule has 1 N–H and O–H groups in total. The van der Waals surface area contributed by atoms with Gasteiger partial charge in [-0.1, -0.05) is 11.6 Å². The molecule has 140 valence electrons. The SMILES string of the molecule is CC(C)(C)OC(=O)N1CCC(CNC(=O)c2cc3cc(Cl)ccc3s2)C1. The van der Waals surface area contributed by atoms with Gasteiger partial charge in [0.1, 0.15) is 5.60 Å². The molecule has 2 amide bonds. The Kier molecular flexibility index (Phi) is 5.44. The Hall–Kier alpha value is -1.79. The summed E-state index contributed by atoms with van der Waals surface area (Å²) < 4.78 is 6.44. The van der Waals surface area contributed by atoms with Crippen LogP contribution in [0.5, 0.6) is 0 Å². The second-order valence-corrected chi connectivity index (χ2v) is 9.10. The molecular formula is C19H23ClN2O3S. The van der Waals surface area contributed by atoms with Gasteiger partial charge in [0.05, 0.1) is 4.88 Å². The topological polar surface area (TPSA) is 58.6 Å². The number of rotatable bonds is 3. The number of thiophene rings is 1. The maximum absolute atomic E-state index is 12.4. The van der Waals surface area contributed by atoms with Crippen molar-refractivity contribution in [3.05, 3.63) is 34.2 Å². The number of carbonyl (C=O) groups is 2. The third kappa shape index (κ3) is 4.68. The van der Waals surface area contributed by atoms with Crippen molar-refractivity contribution in [3.63, 3.8) is 0 Å². The molecule has 1 aromatic heterocycles. The van der Waals surface area contributed by atoms with Crippen LogP contribution in [0.2, 0.25) is 5.02 Å². The summed E-state index contributed by atoms with van der Waals surface area (Å²) >= 11 is 7.45. The fourth-order valence-corrected chi connectivity index (χ4v) is 4.08. The Bertz CT molecular complexity index is 828. The van der Waals surface area contributed by atoms with E-state index >= 15 is 0 Å². The minimum absolute atomic E-state index is 0.0851. The van der Waals surface area contributed by atoms with Gasteiger partial charge in [0.25, 0.3) is 5.91 Å². The van der Waals surface area contributed by atoms with Crippen LogP contribution < -0.4 is 5.32 Å². The first-order chi connectivity index (χ1) is 12.2. The summed E-state index contributed by atoms with van der Waals surface area (Å²) in [5, 5.41) is 4.62. The average Bonchev–Trinajstić information content (AvgIpc) is 3.17. The second kappa shape index (κ2) is 7.45. The van der Waals surface area contributed by atoms with Crippen LogP contribution >= 0.6 is 22.9 Å². The van der Waals surface area contributed by atoms with E-state index in [0.29, 0.717) is 29.5 Å². The molecule has 1 saturated heterocycles. The van der Waals surface area contributed by atoms with Gasteiger partial charge in [-0.2, -0.15) is 0 Å². The number of nitrogens with zero attached hydrogens (tertiary/aromatic N) is 1. The van der Waals surface area contributed by atoms with E-state index in [1.807, 2.05) is 45.0 Å². The van der Waals surface area contributed by atoms with E-state index in [1.54, 1.807) is 4.90 Å². The van der Waals surface area contributed by atoms with Gasteiger partial charge in [-0.15, -0.1) is 11.3 Å². The molecular weight excluding hydrogens is 372 g/mol. The molecule has 0 aliphatic carbocycles. The lowest BCUT2D eigenvalue weighted by Gasteiger charge is -2.24. The number of hydrogen-bond acceptors (Lipinski definition) is 4. The molecule has 1 aromatic carbocycles. The third-order valence-corrected chi connectivity index (χ3v) is 5.54. The van der Waals surface area contributed by atoms with Gasteiger partial charge in [0.15, 0.2) is 0 Å².